The number of rotatable bonds is 7. The highest BCUT2D eigenvalue weighted by molar-refractivity contribution is 5.77. The Morgan fingerprint density at radius 1 is 1.21 bits per heavy atom. The zero-order chi connectivity index (χ0) is 20.1. The molecule has 0 radical (unpaired) electrons. The fourth-order valence-electron chi connectivity index (χ4n) is 3.76. The zero-order valence-electron chi connectivity index (χ0n) is 16.9. The van der Waals surface area contributed by atoms with Crippen LogP contribution in [0.1, 0.15) is 38.6 Å². The van der Waals surface area contributed by atoms with Gasteiger partial charge in [0.1, 0.15) is 11.3 Å². The largest absolute Gasteiger partial charge is 0.383 e. The first-order chi connectivity index (χ1) is 13.5. The number of hydrogen-bond donors (Lipinski definition) is 0. The van der Waals surface area contributed by atoms with Gasteiger partial charge in [0.2, 0.25) is 11.8 Å². The summed E-state index contributed by atoms with van der Waals surface area (Å²) < 4.78 is 7.43. The molecule has 152 valence electrons. The highest BCUT2D eigenvalue weighted by atomic mass is 16.5. The second-order valence-electron chi connectivity index (χ2n) is 7.29. The van der Waals surface area contributed by atoms with Crippen molar-refractivity contribution in [2.45, 2.75) is 39.2 Å². The van der Waals surface area contributed by atoms with Crippen molar-refractivity contribution in [1.82, 2.24) is 24.3 Å². The highest BCUT2D eigenvalue weighted by Crippen LogP contribution is 2.21. The summed E-state index contributed by atoms with van der Waals surface area (Å²) in [5.74, 6) is 1.16. The Hall–Kier alpha value is -2.48. The van der Waals surface area contributed by atoms with E-state index in [1.54, 1.807) is 25.1 Å². The Morgan fingerprint density at radius 2 is 1.93 bits per heavy atom. The topological polar surface area (TPSA) is 80.6 Å². The van der Waals surface area contributed by atoms with E-state index in [0.717, 1.165) is 23.4 Å². The molecule has 0 aromatic carbocycles. The smallest absolute Gasteiger partial charge is 0.222 e. The number of methoxy groups -OCH3 is 1. The lowest BCUT2D eigenvalue weighted by molar-refractivity contribution is -0.138. The predicted molar refractivity (Wildman–Crippen MR) is 106 cm³/mol. The van der Waals surface area contributed by atoms with Gasteiger partial charge in [-0.3, -0.25) is 9.59 Å². The first kappa shape index (κ1) is 20.3. The van der Waals surface area contributed by atoms with Crippen LogP contribution >= 0.6 is 0 Å². The molecule has 2 aromatic rings. The van der Waals surface area contributed by atoms with Crippen LogP contribution in [0.4, 0.5) is 0 Å². The molecular weight excluding hydrogens is 358 g/mol. The van der Waals surface area contributed by atoms with Crippen LogP contribution in [0, 0.1) is 0 Å². The molecule has 1 atom stereocenters. The molecule has 0 N–H and O–H groups in total. The second-order valence-corrected chi connectivity index (χ2v) is 7.29. The summed E-state index contributed by atoms with van der Waals surface area (Å²) in [5.41, 5.74) is 1.72. The fourth-order valence-corrected chi connectivity index (χ4v) is 3.76. The molecule has 2 aromatic heterocycles. The minimum absolute atomic E-state index is 0.0739. The molecule has 0 aliphatic carbocycles. The maximum Gasteiger partial charge on any atom is 0.222 e. The molecule has 1 aliphatic heterocycles. The van der Waals surface area contributed by atoms with Gasteiger partial charge >= 0.3 is 0 Å². The predicted octanol–water partition coefficient (Wildman–Crippen LogP) is 1.65. The molecule has 1 saturated heterocycles. The lowest BCUT2D eigenvalue weighted by atomic mass is 10.2. The van der Waals surface area contributed by atoms with Gasteiger partial charge in [0, 0.05) is 59.3 Å². The van der Waals surface area contributed by atoms with E-state index < -0.39 is 0 Å². The minimum Gasteiger partial charge on any atom is -0.383 e. The Labute approximate surface area is 165 Å². The maximum atomic E-state index is 12.5. The molecule has 8 nitrogen and oxygen atoms in total. The number of ether oxygens (including phenoxy) is 1. The highest BCUT2D eigenvalue weighted by Gasteiger charge is 2.22. The average Bonchev–Trinajstić information content (AvgIpc) is 3.06. The zero-order valence-corrected chi connectivity index (χ0v) is 16.9. The summed E-state index contributed by atoms with van der Waals surface area (Å²) in [6.07, 6.45) is 3.70. The van der Waals surface area contributed by atoms with Gasteiger partial charge in [0.25, 0.3) is 0 Å². The average molecular weight is 387 g/mol. The summed E-state index contributed by atoms with van der Waals surface area (Å²) in [5, 5.41) is 0. The number of piperazine rings is 1. The summed E-state index contributed by atoms with van der Waals surface area (Å²) in [6.45, 7) is 6.71. The van der Waals surface area contributed by atoms with Gasteiger partial charge in [0.05, 0.1) is 12.6 Å². The normalized spacial score (nSPS) is 15.8. The third-order valence-corrected chi connectivity index (χ3v) is 5.24. The van der Waals surface area contributed by atoms with Crippen molar-refractivity contribution in [3.05, 3.63) is 24.2 Å². The van der Waals surface area contributed by atoms with Crippen LogP contribution in [0.5, 0.6) is 0 Å². The molecule has 0 unspecified atom stereocenters. The Morgan fingerprint density at radius 3 is 2.61 bits per heavy atom. The van der Waals surface area contributed by atoms with Gasteiger partial charge < -0.3 is 19.1 Å². The molecule has 1 fully saturated rings. The quantitative estimate of drug-likeness (QED) is 0.722. The third-order valence-electron chi connectivity index (χ3n) is 5.24. The third kappa shape index (κ3) is 4.49. The number of carbonyl (C=O) groups is 2. The molecule has 0 spiro atoms. The number of imidazole rings is 1. The molecule has 1 aliphatic rings. The van der Waals surface area contributed by atoms with Crippen molar-refractivity contribution in [2.24, 2.45) is 0 Å². The van der Waals surface area contributed by atoms with Crippen molar-refractivity contribution in [1.29, 1.82) is 0 Å². The van der Waals surface area contributed by atoms with Crippen LogP contribution < -0.4 is 0 Å². The second kappa shape index (κ2) is 9.14. The van der Waals surface area contributed by atoms with E-state index in [2.05, 4.69) is 16.5 Å². The standard InChI is InChI=1S/C20H29N5O3/c1-15(14-28-3)25-18(22-17-6-5-9-21-20(17)25)7-4-8-19(27)24-12-10-23(11-13-24)16(2)26/h5-6,9,15H,4,7-8,10-14H2,1-3H3/t15-/m1/s1. The van der Waals surface area contributed by atoms with Crippen LogP contribution in [-0.4, -0.2) is 76.0 Å². The number of pyridine rings is 1. The first-order valence-corrected chi connectivity index (χ1v) is 9.85. The first-order valence-electron chi connectivity index (χ1n) is 9.85. The van der Waals surface area contributed by atoms with Crippen LogP contribution in [0.3, 0.4) is 0 Å². The van der Waals surface area contributed by atoms with Crippen molar-refractivity contribution in [2.75, 3.05) is 39.9 Å². The lowest BCUT2D eigenvalue weighted by Crippen LogP contribution is -2.50. The molecule has 28 heavy (non-hydrogen) atoms. The van der Waals surface area contributed by atoms with E-state index in [0.29, 0.717) is 45.6 Å². The molecule has 3 heterocycles. The van der Waals surface area contributed by atoms with E-state index in [9.17, 15) is 9.59 Å². The molecule has 2 amide bonds. The Bertz CT molecular complexity index is 826. The number of nitrogens with zero attached hydrogens (tertiary/aromatic N) is 5. The van der Waals surface area contributed by atoms with Crippen LogP contribution in [0.25, 0.3) is 11.2 Å². The summed E-state index contributed by atoms with van der Waals surface area (Å²) >= 11 is 0. The number of hydrogen-bond acceptors (Lipinski definition) is 5. The number of fused-ring (bicyclic) bond motifs is 1. The van der Waals surface area contributed by atoms with Crippen molar-refractivity contribution < 1.29 is 14.3 Å². The fraction of sp³-hybridized carbons (Fsp3) is 0.600. The maximum absolute atomic E-state index is 12.5. The van der Waals surface area contributed by atoms with E-state index in [1.807, 2.05) is 17.0 Å². The Balaban J connectivity index is 1.60. The lowest BCUT2D eigenvalue weighted by Gasteiger charge is -2.34. The molecule has 0 bridgehead atoms. The summed E-state index contributed by atoms with van der Waals surface area (Å²) in [7, 11) is 1.69. The number of carbonyl (C=O) groups excluding carboxylic acids is 2. The van der Waals surface area contributed by atoms with Crippen LogP contribution in [-0.2, 0) is 20.7 Å². The van der Waals surface area contributed by atoms with Gasteiger partial charge in [-0.2, -0.15) is 0 Å². The summed E-state index contributed by atoms with van der Waals surface area (Å²) in [6, 6.07) is 3.96. The van der Waals surface area contributed by atoms with E-state index >= 15 is 0 Å². The van der Waals surface area contributed by atoms with Crippen molar-refractivity contribution in [3.63, 3.8) is 0 Å². The van der Waals surface area contributed by atoms with Gasteiger partial charge in [-0.1, -0.05) is 0 Å². The van der Waals surface area contributed by atoms with Gasteiger partial charge in [-0.15, -0.1) is 0 Å². The van der Waals surface area contributed by atoms with Gasteiger partial charge in [-0.05, 0) is 25.5 Å². The number of amides is 2. The van der Waals surface area contributed by atoms with Gasteiger partial charge in [-0.25, -0.2) is 9.97 Å². The van der Waals surface area contributed by atoms with Crippen molar-refractivity contribution >= 4 is 23.0 Å². The Kier molecular flexibility index (Phi) is 6.61. The van der Waals surface area contributed by atoms with Crippen molar-refractivity contribution in [3.8, 4) is 0 Å². The van der Waals surface area contributed by atoms with E-state index in [-0.39, 0.29) is 17.9 Å². The SMILES string of the molecule is COC[C@@H](C)n1c(CCCC(=O)N2CCN(C(C)=O)CC2)nc2cccnc21. The number of aromatic nitrogens is 3. The molecule has 8 heteroatoms. The monoisotopic (exact) mass is 387 g/mol. The molecular formula is C20H29N5O3. The number of aryl methyl sites for hydroxylation is 1. The van der Waals surface area contributed by atoms with E-state index in [1.165, 1.54) is 0 Å². The van der Waals surface area contributed by atoms with Gasteiger partial charge in [0.15, 0.2) is 5.65 Å². The van der Waals surface area contributed by atoms with Crippen LogP contribution in [0.2, 0.25) is 0 Å². The summed E-state index contributed by atoms with van der Waals surface area (Å²) in [4.78, 5) is 36.8. The molecule has 3 rings (SSSR count). The van der Waals surface area contributed by atoms with Crippen LogP contribution in [0.15, 0.2) is 18.3 Å². The molecule has 0 saturated carbocycles. The van der Waals surface area contributed by atoms with E-state index in [4.69, 9.17) is 9.72 Å². The minimum atomic E-state index is 0.0739.